The van der Waals surface area contributed by atoms with Gasteiger partial charge in [-0.1, -0.05) is 115 Å². The highest BCUT2D eigenvalue weighted by atomic mass is 28.4. The molecular weight excluding hydrogens is 352 g/mol. The maximum Gasteiger partial charge on any atom is 0.105 e. The van der Waals surface area contributed by atoms with Crippen LogP contribution in [0.4, 0.5) is 0 Å². The van der Waals surface area contributed by atoms with Crippen molar-refractivity contribution in [3.05, 3.63) is 24.1 Å². The molecule has 0 N–H and O–H groups in total. The van der Waals surface area contributed by atoms with Crippen LogP contribution in [0.1, 0.15) is 41.5 Å². The average Bonchev–Trinajstić information content (AvgIpc) is 2.60. The van der Waals surface area contributed by atoms with Crippen molar-refractivity contribution in [2.24, 2.45) is 0 Å². The average molecular weight is 399 g/mol. The first kappa shape index (κ1) is 24.9. The summed E-state index contributed by atoms with van der Waals surface area (Å²) in [5, 5.41) is 0.862. The van der Waals surface area contributed by atoms with Crippen molar-refractivity contribution in [1.29, 1.82) is 0 Å². The Hall–Kier alpha value is -0.0694. The highest BCUT2D eigenvalue weighted by Crippen LogP contribution is 2.45. The second-order valence-corrected chi connectivity index (χ2v) is 25.3. The van der Waals surface area contributed by atoms with Crippen molar-refractivity contribution in [3.63, 3.8) is 0 Å². The molecule has 0 unspecified atom stereocenters. The highest BCUT2D eigenvalue weighted by molar-refractivity contribution is 7.00. The highest BCUT2D eigenvalue weighted by Gasteiger charge is 2.46. The summed E-state index contributed by atoms with van der Waals surface area (Å²) in [6, 6.07) is 8.50. The number of allylic oxidation sites excluding steroid dienone is 1. The van der Waals surface area contributed by atoms with Crippen molar-refractivity contribution in [2.75, 3.05) is 6.61 Å². The first-order chi connectivity index (χ1) is 11.7. The van der Waals surface area contributed by atoms with Crippen LogP contribution in [0.5, 0.6) is 0 Å². The smallest absolute Gasteiger partial charge is 0.105 e. The zero-order valence-corrected chi connectivity index (χ0v) is 21.7. The Morgan fingerprint density at radius 3 is 1.44 bits per heavy atom. The molecule has 0 saturated heterocycles. The standard InChI is InChI=1S/C21H46OSi3/c1-10-24(11-2,12-3)21(25(13-4,14-5)15-6)17-19-22-18-16-20-23(7,8)9/h16-17,19-21H,10-15,18H2,1-9H3/b19-17-,20-16+. The molecule has 4 heteroatoms. The van der Waals surface area contributed by atoms with Gasteiger partial charge in [-0.2, -0.15) is 0 Å². The Bertz CT molecular complexity index is 365. The van der Waals surface area contributed by atoms with Gasteiger partial charge >= 0.3 is 0 Å². The molecule has 0 saturated carbocycles. The van der Waals surface area contributed by atoms with Crippen LogP contribution >= 0.6 is 0 Å². The third-order valence-corrected chi connectivity index (χ3v) is 23.1. The van der Waals surface area contributed by atoms with Crippen LogP contribution in [0.3, 0.4) is 0 Å². The molecule has 0 amide bonds. The molecule has 0 rings (SSSR count). The van der Waals surface area contributed by atoms with E-state index in [2.05, 4.69) is 85.3 Å². The van der Waals surface area contributed by atoms with E-state index in [0.717, 1.165) is 11.8 Å². The van der Waals surface area contributed by atoms with Gasteiger partial charge in [-0.25, -0.2) is 0 Å². The van der Waals surface area contributed by atoms with Gasteiger partial charge in [0.2, 0.25) is 0 Å². The van der Waals surface area contributed by atoms with Crippen molar-refractivity contribution >= 4 is 24.2 Å². The summed E-state index contributed by atoms with van der Waals surface area (Å²) < 4.78 is 5.92. The molecule has 0 aromatic carbocycles. The summed E-state index contributed by atoms with van der Waals surface area (Å²) in [4.78, 5) is 0. The van der Waals surface area contributed by atoms with E-state index < -0.39 is 24.2 Å². The largest absolute Gasteiger partial charge is 0.498 e. The normalized spacial score (nSPS) is 14.2. The van der Waals surface area contributed by atoms with Crippen LogP contribution in [0, 0.1) is 0 Å². The van der Waals surface area contributed by atoms with E-state index >= 15 is 0 Å². The fraction of sp³-hybridized carbons (Fsp3) is 0.810. The molecule has 0 bridgehead atoms. The third kappa shape index (κ3) is 7.22. The Labute approximate surface area is 162 Å². The van der Waals surface area contributed by atoms with Crippen LogP contribution < -0.4 is 0 Å². The lowest BCUT2D eigenvalue weighted by atomic mass is 10.7. The summed E-state index contributed by atoms with van der Waals surface area (Å²) in [6.45, 7) is 22.6. The van der Waals surface area contributed by atoms with Gasteiger partial charge < -0.3 is 4.74 Å². The predicted octanol–water partition coefficient (Wildman–Crippen LogP) is 7.88. The summed E-state index contributed by atoms with van der Waals surface area (Å²) in [7, 11) is -3.62. The summed E-state index contributed by atoms with van der Waals surface area (Å²) in [5.41, 5.74) is 2.38. The van der Waals surface area contributed by atoms with Crippen LogP contribution in [-0.2, 0) is 4.74 Å². The van der Waals surface area contributed by atoms with E-state index in [1.54, 1.807) is 0 Å². The Kier molecular flexibility index (Phi) is 11.6. The van der Waals surface area contributed by atoms with E-state index in [-0.39, 0.29) is 0 Å². The maximum absolute atomic E-state index is 5.92. The maximum atomic E-state index is 5.92. The van der Waals surface area contributed by atoms with Crippen molar-refractivity contribution in [2.45, 2.75) is 103 Å². The van der Waals surface area contributed by atoms with E-state index in [0.29, 0.717) is 0 Å². The number of hydrogen-bond acceptors (Lipinski definition) is 1. The molecule has 0 atom stereocenters. The van der Waals surface area contributed by atoms with Gasteiger partial charge in [0.15, 0.2) is 0 Å². The minimum absolute atomic E-state index is 0.728. The molecule has 0 aliphatic rings. The molecule has 0 aromatic rings. The molecule has 25 heavy (non-hydrogen) atoms. The molecule has 0 radical (unpaired) electrons. The lowest BCUT2D eigenvalue weighted by Gasteiger charge is -2.46. The zero-order chi connectivity index (χ0) is 19.6. The van der Waals surface area contributed by atoms with Crippen LogP contribution in [-0.4, -0.2) is 30.8 Å². The molecule has 0 aliphatic carbocycles. The van der Waals surface area contributed by atoms with Crippen molar-refractivity contribution in [3.8, 4) is 0 Å². The molecular formula is C21H46OSi3. The van der Waals surface area contributed by atoms with Gasteiger partial charge in [0.05, 0.1) is 30.5 Å². The molecule has 0 aromatic heterocycles. The molecule has 148 valence electrons. The second-order valence-electron chi connectivity index (χ2n) is 8.75. The van der Waals surface area contributed by atoms with E-state index in [1.807, 2.05) is 0 Å². The van der Waals surface area contributed by atoms with Gasteiger partial charge in [-0.05, 0) is 5.16 Å². The topological polar surface area (TPSA) is 9.23 Å². The predicted molar refractivity (Wildman–Crippen MR) is 126 cm³/mol. The summed E-state index contributed by atoms with van der Waals surface area (Å²) in [5.74, 6) is 0. The van der Waals surface area contributed by atoms with E-state index in [1.165, 1.54) is 36.3 Å². The Morgan fingerprint density at radius 2 is 1.12 bits per heavy atom. The summed E-state index contributed by atoms with van der Waals surface area (Å²) >= 11 is 0. The molecule has 1 nitrogen and oxygen atoms in total. The second kappa shape index (κ2) is 11.6. The molecule has 0 heterocycles. The van der Waals surface area contributed by atoms with Crippen LogP contribution in [0.15, 0.2) is 24.1 Å². The minimum Gasteiger partial charge on any atom is -0.498 e. The number of rotatable bonds is 13. The third-order valence-electron chi connectivity index (χ3n) is 6.72. The van der Waals surface area contributed by atoms with Crippen LogP contribution in [0.2, 0.25) is 61.1 Å². The van der Waals surface area contributed by atoms with E-state index in [9.17, 15) is 0 Å². The monoisotopic (exact) mass is 398 g/mol. The van der Waals surface area contributed by atoms with Gasteiger partial charge in [0.1, 0.15) is 6.61 Å². The first-order valence-corrected chi connectivity index (χ1v) is 19.6. The number of hydrogen-bond donors (Lipinski definition) is 0. The lowest BCUT2D eigenvalue weighted by molar-refractivity contribution is 0.289. The molecule has 0 spiro atoms. The van der Waals surface area contributed by atoms with Gasteiger partial charge in [0, 0.05) is 0 Å². The van der Waals surface area contributed by atoms with Crippen molar-refractivity contribution in [1.82, 2.24) is 0 Å². The fourth-order valence-corrected chi connectivity index (χ4v) is 20.8. The van der Waals surface area contributed by atoms with Crippen molar-refractivity contribution < 1.29 is 4.74 Å². The number of ether oxygens (including phenoxy) is 1. The fourth-order valence-electron chi connectivity index (χ4n) is 4.52. The van der Waals surface area contributed by atoms with Gasteiger partial charge in [-0.3, -0.25) is 0 Å². The molecule has 0 aliphatic heterocycles. The lowest BCUT2D eigenvalue weighted by Crippen LogP contribution is -2.51. The van der Waals surface area contributed by atoms with Gasteiger partial charge in [-0.15, -0.1) is 0 Å². The summed E-state index contributed by atoms with van der Waals surface area (Å²) in [6.07, 6.45) is 6.83. The Morgan fingerprint density at radius 1 is 0.720 bits per heavy atom. The minimum atomic E-state index is -1.26. The molecule has 0 fully saturated rings. The quantitative estimate of drug-likeness (QED) is 0.174. The van der Waals surface area contributed by atoms with E-state index in [4.69, 9.17) is 4.74 Å². The van der Waals surface area contributed by atoms with Crippen LogP contribution in [0.25, 0.3) is 0 Å². The first-order valence-electron chi connectivity index (χ1n) is 10.7. The SMILES string of the molecule is CC[Si](CC)(CC)C(/C=C\OC/C=C/[Si](C)(C)C)[Si](CC)(CC)CC. The van der Waals surface area contributed by atoms with Gasteiger partial charge in [0.25, 0.3) is 0 Å². The Balaban J connectivity index is 5.41. The zero-order valence-electron chi connectivity index (χ0n) is 18.7.